The van der Waals surface area contributed by atoms with E-state index in [4.69, 9.17) is 14.2 Å². The van der Waals surface area contributed by atoms with Crippen molar-refractivity contribution in [3.8, 4) is 17.2 Å². The van der Waals surface area contributed by atoms with Crippen molar-refractivity contribution in [2.75, 3.05) is 21.3 Å². The van der Waals surface area contributed by atoms with E-state index in [9.17, 15) is 0 Å². The fourth-order valence-electron chi connectivity index (χ4n) is 10.6. The third-order valence-corrected chi connectivity index (χ3v) is 23.8. The molecule has 4 aromatic carbocycles. The second-order valence-corrected chi connectivity index (χ2v) is 29.0. The van der Waals surface area contributed by atoms with Gasteiger partial charge in [0.15, 0.2) is 0 Å². The number of ether oxygens (including phenoxy) is 3. The van der Waals surface area contributed by atoms with Crippen LogP contribution >= 0.6 is 0 Å². The van der Waals surface area contributed by atoms with Gasteiger partial charge in [-0.15, -0.1) is 0 Å². The molecule has 356 valence electrons. The van der Waals surface area contributed by atoms with E-state index < -0.39 is 16.6 Å². The Morgan fingerprint density at radius 3 is 0.923 bits per heavy atom. The Hall–Kier alpha value is -3.62. The summed E-state index contributed by atoms with van der Waals surface area (Å²) in [6.07, 6.45) is 0. The van der Waals surface area contributed by atoms with Crippen LogP contribution in [0.1, 0.15) is 249 Å². The Morgan fingerprint density at radius 2 is 0.692 bits per heavy atom. The summed E-state index contributed by atoms with van der Waals surface area (Å²) in [5.41, 5.74) is 13.0. The van der Waals surface area contributed by atoms with Crippen LogP contribution in [0.4, 0.5) is 0 Å². The molecule has 0 amide bonds. The number of hydrogen-bond donors (Lipinski definition) is 0. The van der Waals surface area contributed by atoms with Crippen molar-refractivity contribution < 1.29 is 14.2 Å². The van der Waals surface area contributed by atoms with E-state index in [0.717, 1.165) is 17.2 Å². The van der Waals surface area contributed by atoms with Gasteiger partial charge >= 0.3 is 0 Å². The Labute approximate surface area is 400 Å². The number of methoxy groups -OCH3 is 3. The summed E-state index contributed by atoms with van der Waals surface area (Å²) in [6, 6.07) is 19.9. The predicted molar refractivity (Wildman–Crippen MR) is 289 cm³/mol. The Morgan fingerprint density at radius 1 is 0.400 bits per heavy atom. The molecule has 1 aliphatic heterocycles. The SMILES string of the molecule is COc1cc(OC)c([Si@]2(c3c(C(C)C)cc(C(C)C)cc3C(C)C)C(=[Si](c3c(C(C)C)cc(C(C)C)cc3C(C)C)c3c(C(C)C)cc(C(C)C)cc3C(C)C)N2C(C)(C)C)c(OC)c1. The summed E-state index contributed by atoms with van der Waals surface area (Å²) in [6.45, 7) is 50.8. The lowest BCUT2D eigenvalue weighted by atomic mass is 9.89. The van der Waals surface area contributed by atoms with Gasteiger partial charge in [-0.05, 0) is 140 Å². The first-order chi connectivity index (χ1) is 30.2. The topological polar surface area (TPSA) is 30.7 Å². The van der Waals surface area contributed by atoms with Gasteiger partial charge in [-0.1, -0.05) is 161 Å². The zero-order chi connectivity index (χ0) is 48.9. The third-order valence-electron chi connectivity index (χ3n) is 14.1. The monoisotopic (exact) mass is 916 g/mol. The number of benzene rings is 4. The first-order valence-electron chi connectivity index (χ1n) is 25.1. The lowest BCUT2D eigenvalue weighted by Crippen LogP contribution is -2.59. The number of hydrogen-bond acceptors (Lipinski definition) is 4. The minimum Gasteiger partial charge on any atom is -0.497 e. The van der Waals surface area contributed by atoms with Crippen LogP contribution in [0.5, 0.6) is 17.2 Å². The van der Waals surface area contributed by atoms with Crippen molar-refractivity contribution in [1.82, 2.24) is 4.57 Å². The molecule has 0 aromatic heterocycles. The van der Waals surface area contributed by atoms with E-state index in [1.165, 1.54) is 60.4 Å². The van der Waals surface area contributed by atoms with E-state index in [-0.39, 0.29) is 17.4 Å². The third kappa shape index (κ3) is 9.61. The van der Waals surface area contributed by atoms with E-state index in [2.05, 4.69) is 198 Å². The maximum Gasteiger partial charge on any atom is 0.272 e. The molecule has 0 bridgehead atoms. The van der Waals surface area contributed by atoms with E-state index in [0.29, 0.717) is 41.4 Å². The molecule has 0 spiro atoms. The first kappa shape index (κ1) is 52.4. The Balaban J connectivity index is 2.40. The lowest BCUT2D eigenvalue weighted by molar-refractivity contribution is 0.376. The molecule has 0 N–H and O–H groups in total. The van der Waals surface area contributed by atoms with Gasteiger partial charge in [0.25, 0.3) is 8.24 Å². The normalized spacial score (nSPS) is 15.7. The molecule has 1 aliphatic rings. The lowest BCUT2D eigenvalue weighted by Gasteiger charge is -2.33. The van der Waals surface area contributed by atoms with Crippen LogP contribution in [0.15, 0.2) is 48.5 Å². The zero-order valence-corrected chi connectivity index (χ0v) is 47.5. The highest BCUT2D eigenvalue weighted by Gasteiger charge is 2.71. The van der Waals surface area contributed by atoms with Crippen LogP contribution in [0.2, 0.25) is 0 Å². The van der Waals surface area contributed by atoms with Crippen molar-refractivity contribution in [2.45, 2.75) is 204 Å². The Bertz CT molecular complexity index is 2200. The summed E-state index contributed by atoms with van der Waals surface area (Å²) < 4.78 is 22.5. The highest BCUT2D eigenvalue weighted by molar-refractivity contribution is 7.43. The highest BCUT2D eigenvalue weighted by Crippen LogP contribution is 2.47. The summed E-state index contributed by atoms with van der Waals surface area (Å²) >= 11 is 0. The highest BCUT2D eigenvalue weighted by atomic mass is 28.4. The summed E-state index contributed by atoms with van der Waals surface area (Å²) in [5, 5.41) is 5.95. The van der Waals surface area contributed by atoms with Crippen molar-refractivity contribution in [1.29, 1.82) is 0 Å². The van der Waals surface area contributed by atoms with Crippen molar-refractivity contribution >= 4 is 42.3 Å². The van der Waals surface area contributed by atoms with Crippen molar-refractivity contribution in [2.24, 2.45) is 0 Å². The summed E-state index contributed by atoms with van der Waals surface area (Å²) in [5.74, 6) is 5.54. The van der Waals surface area contributed by atoms with Crippen molar-refractivity contribution in [3.05, 3.63) is 98.6 Å². The minimum atomic E-state index is -3.28. The molecule has 4 aromatic rings. The van der Waals surface area contributed by atoms with Gasteiger partial charge in [0.05, 0.1) is 26.5 Å². The average molecular weight is 917 g/mol. The van der Waals surface area contributed by atoms with Gasteiger partial charge in [0, 0.05) is 22.6 Å². The average Bonchev–Trinajstić information content (AvgIpc) is 3.92. The van der Waals surface area contributed by atoms with Crippen LogP contribution in [0, 0.1) is 0 Å². The predicted octanol–water partition coefficient (Wildman–Crippen LogP) is 13.6. The van der Waals surface area contributed by atoms with Crippen LogP contribution in [0.25, 0.3) is 0 Å². The van der Waals surface area contributed by atoms with E-state index >= 15 is 0 Å². The zero-order valence-electron chi connectivity index (χ0n) is 45.5. The fraction of sp³-hybridized carbons (Fsp3) is 0.576. The fourth-order valence-corrected chi connectivity index (χ4v) is 24.3. The van der Waals surface area contributed by atoms with Gasteiger partial charge in [0.2, 0.25) is 0 Å². The van der Waals surface area contributed by atoms with E-state index in [1.54, 1.807) is 22.4 Å². The molecular formula is C59H89NO3Si2. The molecule has 1 saturated heterocycles. The molecular weight excluding hydrogens is 827 g/mol. The maximum atomic E-state index is 6.72. The molecule has 4 nitrogen and oxygen atoms in total. The van der Waals surface area contributed by atoms with Crippen LogP contribution in [-0.2, 0) is 0 Å². The van der Waals surface area contributed by atoms with Gasteiger partial charge in [0.1, 0.15) is 25.7 Å². The number of nitrogens with zero attached hydrogens (tertiary/aromatic N) is 1. The molecule has 0 aliphatic carbocycles. The standard InChI is InChI=1S/C59H89NO3Si2/c1-33(2)42-25-46(36(7)8)54(47(26-42)37(9)10)64(55-48(38(11)12)27-43(34(3)4)28-49(55)39(13)14)58-60(59(19,20)21)65(58,57-52(62-23)31-45(61-22)32-53(57)63-24)56-50(40(15)16)29-44(35(5)6)30-51(56)41(17)18/h25-41H,1-24H3/t60?,65-/m1/s1. The van der Waals surface area contributed by atoms with Crippen LogP contribution < -0.4 is 35.0 Å². The van der Waals surface area contributed by atoms with E-state index in [1.807, 2.05) is 14.2 Å². The summed E-state index contributed by atoms with van der Waals surface area (Å²) in [7, 11) is 0.337. The molecule has 5 rings (SSSR count). The van der Waals surface area contributed by atoms with Gasteiger partial charge in [-0.3, -0.25) is 0 Å². The molecule has 1 heterocycles. The molecule has 1 fully saturated rings. The number of rotatable bonds is 16. The quantitative estimate of drug-likeness (QED) is 0.0828. The van der Waals surface area contributed by atoms with Gasteiger partial charge in [-0.25, -0.2) is 0 Å². The molecule has 0 radical (unpaired) electrons. The van der Waals surface area contributed by atoms with Crippen LogP contribution in [0.3, 0.4) is 0 Å². The largest absolute Gasteiger partial charge is 0.497 e. The maximum absolute atomic E-state index is 6.72. The second-order valence-electron chi connectivity index (χ2n) is 23.0. The van der Waals surface area contributed by atoms with Gasteiger partial charge in [-0.2, -0.15) is 0 Å². The van der Waals surface area contributed by atoms with Crippen LogP contribution in [-0.4, -0.2) is 53.0 Å². The molecule has 65 heavy (non-hydrogen) atoms. The van der Waals surface area contributed by atoms with Gasteiger partial charge < -0.3 is 18.8 Å². The smallest absolute Gasteiger partial charge is 0.272 e. The first-order valence-corrected chi connectivity index (χ1v) is 28.6. The molecule has 6 heteroatoms. The Kier molecular flexibility index (Phi) is 16.0. The second kappa shape index (κ2) is 19.9. The molecule has 1 atom stereocenters. The molecule has 0 unspecified atom stereocenters. The summed E-state index contributed by atoms with van der Waals surface area (Å²) in [4.78, 5) is 1.64. The van der Waals surface area contributed by atoms with Crippen molar-refractivity contribution in [3.63, 3.8) is 0 Å². The minimum absolute atomic E-state index is 0.256. The molecule has 0 saturated carbocycles.